The Morgan fingerprint density at radius 2 is 1.69 bits per heavy atom. The molecule has 0 bridgehead atoms. The molecule has 2 aromatic carbocycles. The van der Waals surface area contributed by atoms with E-state index < -0.39 is 0 Å². The van der Waals surface area contributed by atoms with E-state index in [1.165, 1.54) is 25.7 Å². The van der Waals surface area contributed by atoms with E-state index in [0.717, 1.165) is 71.6 Å². The van der Waals surface area contributed by atoms with Crippen molar-refractivity contribution in [3.05, 3.63) is 84.3 Å². The maximum absolute atomic E-state index is 11.5. The van der Waals surface area contributed by atoms with Gasteiger partial charge in [0.05, 0.1) is 16.9 Å². The molecule has 1 unspecified atom stereocenters. The molecular weight excluding hydrogens is 522 g/mol. The lowest BCUT2D eigenvalue weighted by molar-refractivity contribution is -0.123. The summed E-state index contributed by atoms with van der Waals surface area (Å²) in [7, 11) is 0. The highest BCUT2D eigenvalue weighted by Gasteiger charge is 2.40. The minimum absolute atomic E-state index is 0.0548. The number of carbonyl (C=O) groups excluding carboxylic acids is 1. The fourth-order valence-corrected chi connectivity index (χ4v) is 7.29. The molecule has 1 atom stereocenters. The molecule has 1 saturated heterocycles. The molecule has 0 spiro atoms. The number of hydrogen-bond acceptors (Lipinski definition) is 7. The van der Waals surface area contributed by atoms with Gasteiger partial charge in [0.1, 0.15) is 17.7 Å². The van der Waals surface area contributed by atoms with Gasteiger partial charge in [0, 0.05) is 41.4 Å². The predicted molar refractivity (Wildman–Crippen MR) is 167 cm³/mol. The van der Waals surface area contributed by atoms with Crippen LogP contribution in [0.3, 0.4) is 0 Å². The Kier molecular flexibility index (Phi) is 7.15. The van der Waals surface area contributed by atoms with Crippen LogP contribution in [0, 0.1) is 17.8 Å². The smallest absolute Gasteiger partial charge is 0.220 e. The van der Waals surface area contributed by atoms with Crippen LogP contribution >= 0.6 is 0 Å². The molecule has 1 aromatic heterocycles. The van der Waals surface area contributed by atoms with E-state index in [4.69, 9.17) is 16.5 Å². The molecule has 42 heavy (non-hydrogen) atoms. The normalized spacial score (nSPS) is 24.9. The molecule has 1 saturated carbocycles. The lowest BCUT2D eigenvalue weighted by Gasteiger charge is -2.39. The lowest BCUT2D eigenvalue weighted by atomic mass is 9.79. The van der Waals surface area contributed by atoms with Crippen LogP contribution in [0.4, 0.5) is 0 Å². The Morgan fingerprint density at radius 1 is 0.929 bits per heavy atom. The number of primary amides is 1. The number of aromatic nitrogens is 1. The van der Waals surface area contributed by atoms with Crippen molar-refractivity contribution in [3.63, 3.8) is 0 Å². The van der Waals surface area contributed by atoms with E-state index in [2.05, 4.69) is 68.8 Å². The number of amidine groups is 1. The van der Waals surface area contributed by atoms with Crippen LogP contribution in [0.15, 0.2) is 83.8 Å². The number of piperidine rings is 1. The molecule has 3 aliphatic heterocycles. The molecule has 8 heteroatoms. The van der Waals surface area contributed by atoms with Crippen molar-refractivity contribution in [2.45, 2.75) is 44.7 Å². The average Bonchev–Trinajstić information content (AvgIpc) is 3.43. The number of fused-ring (bicyclic) bond motifs is 2. The van der Waals surface area contributed by atoms with Gasteiger partial charge in [-0.15, -0.1) is 0 Å². The van der Waals surface area contributed by atoms with Crippen LogP contribution < -0.4 is 16.8 Å². The molecule has 2 fully saturated rings. The van der Waals surface area contributed by atoms with E-state index in [1.54, 1.807) is 0 Å². The number of likely N-dealkylation sites (tertiary alicyclic amines) is 1. The third kappa shape index (κ3) is 5.15. The number of pyridine rings is 1. The zero-order chi connectivity index (χ0) is 28.6. The van der Waals surface area contributed by atoms with Crippen molar-refractivity contribution in [1.82, 2.24) is 20.1 Å². The van der Waals surface area contributed by atoms with Crippen molar-refractivity contribution in [2.24, 2.45) is 34.2 Å². The Balaban J connectivity index is 1.07. The number of rotatable bonds is 6. The molecular formula is C34H39N7O. The van der Waals surface area contributed by atoms with Gasteiger partial charge in [-0.2, -0.15) is 0 Å². The number of hydrogen-bond donors (Lipinski definition) is 3. The maximum Gasteiger partial charge on any atom is 0.220 e. The summed E-state index contributed by atoms with van der Waals surface area (Å²) in [5.74, 6) is 1.67. The van der Waals surface area contributed by atoms with Gasteiger partial charge in [0.2, 0.25) is 5.91 Å². The summed E-state index contributed by atoms with van der Waals surface area (Å²) in [6.45, 7) is 3.10. The SMILES string of the molecule is NC(=O)C1CCN(C[C@H]2CC[C@H](C3NC(c4ccc5ccc(-c6ccccc6)nc5c4)=C4C(N)=NC=CN43)CC2)CC1. The summed E-state index contributed by atoms with van der Waals surface area (Å²) in [6.07, 6.45) is 10.6. The summed E-state index contributed by atoms with van der Waals surface area (Å²) in [4.78, 5) is 25.9. The minimum Gasteiger partial charge on any atom is -0.382 e. The first-order valence-electron chi connectivity index (χ1n) is 15.3. The predicted octanol–water partition coefficient (Wildman–Crippen LogP) is 4.65. The van der Waals surface area contributed by atoms with Gasteiger partial charge < -0.3 is 26.6 Å². The lowest BCUT2D eigenvalue weighted by Crippen LogP contribution is -2.45. The Hall–Kier alpha value is -4.17. The van der Waals surface area contributed by atoms with Gasteiger partial charge >= 0.3 is 0 Å². The third-order valence-corrected chi connectivity index (χ3v) is 9.67. The number of nitrogens with two attached hydrogens (primary N) is 2. The van der Waals surface area contributed by atoms with E-state index in [9.17, 15) is 4.79 Å². The standard InChI is InChI=1S/C34H39N7O/c35-32-31-30(27-11-10-24-12-13-28(38-29(24)20-27)23-4-2-1-3-5-23)39-34(41(31)19-16-37-32)26-8-6-22(7-9-26)21-40-17-14-25(15-18-40)33(36)42/h1-5,10-13,16,19-20,22,25-26,34,39H,6-9,14-15,17-18,21H2,(H2,35,37)(H2,36,42)/t22-,26-,34?. The van der Waals surface area contributed by atoms with Crippen LogP contribution in [-0.2, 0) is 4.79 Å². The van der Waals surface area contributed by atoms with E-state index in [0.29, 0.717) is 17.7 Å². The van der Waals surface area contributed by atoms with Gasteiger partial charge in [0.25, 0.3) is 0 Å². The van der Waals surface area contributed by atoms with Crippen molar-refractivity contribution in [1.29, 1.82) is 0 Å². The first-order valence-corrected chi connectivity index (χ1v) is 15.3. The highest BCUT2D eigenvalue weighted by Crippen LogP contribution is 2.40. The second kappa shape index (κ2) is 11.2. The van der Waals surface area contributed by atoms with Crippen LogP contribution in [0.1, 0.15) is 44.1 Å². The van der Waals surface area contributed by atoms with Gasteiger partial charge in [-0.25, -0.2) is 9.98 Å². The van der Waals surface area contributed by atoms with Crippen LogP contribution in [0.2, 0.25) is 0 Å². The minimum atomic E-state index is -0.138. The fourth-order valence-electron chi connectivity index (χ4n) is 7.29. The fraction of sp³-hybridized carbons (Fsp3) is 0.382. The molecule has 5 N–H and O–H groups in total. The molecule has 8 nitrogen and oxygen atoms in total. The number of aliphatic imine (C=N–C) groups is 1. The molecule has 4 heterocycles. The zero-order valence-electron chi connectivity index (χ0n) is 24.0. The maximum atomic E-state index is 11.5. The molecule has 7 rings (SSSR count). The topological polar surface area (TPSA) is 113 Å². The number of amides is 1. The largest absolute Gasteiger partial charge is 0.382 e. The summed E-state index contributed by atoms with van der Waals surface area (Å²) in [5, 5.41) is 4.99. The Labute approximate surface area is 247 Å². The van der Waals surface area contributed by atoms with Gasteiger partial charge in [-0.3, -0.25) is 4.79 Å². The monoisotopic (exact) mass is 561 g/mol. The second-order valence-corrected chi connectivity index (χ2v) is 12.3. The van der Waals surface area contributed by atoms with E-state index in [-0.39, 0.29) is 18.0 Å². The van der Waals surface area contributed by atoms with Crippen LogP contribution in [-0.4, -0.2) is 52.3 Å². The first-order chi connectivity index (χ1) is 20.5. The van der Waals surface area contributed by atoms with Gasteiger partial charge in [0.15, 0.2) is 0 Å². The first kappa shape index (κ1) is 26.7. The summed E-state index contributed by atoms with van der Waals surface area (Å²) in [6, 6.07) is 21.0. The summed E-state index contributed by atoms with van der Waals surface area (Å²) >= 11 is 0. The van der Waals surface area contributed by atoms with Crippen LogP contribution in [0.25, 0.3) is 27.9 Å². The average molecular weight is 562 g/mol. The van der Waals surface area contributed by atoms with Crippen molar-refractivity contribution in [3.8, 4) is 11.3 Å². The van der Waals surface area contributed by atoms with Crippen molar-refractivity contribution < 1.29 is 4.79 Å². The number of nitrogens with one attached hydrogen (secondary N) is 1. The van der Waals surface area contributed by atoms with Crippen LogP contribution in [0.5, 0.6) is 0 Å². The Morgan fingerprint density at radius 3 is 2.45 bits per heavy atom. The molecule has 0 radical (unpaired) electrons. The summed E-state index contributed by atoms with van der Waals surface area (Å²) < 4.78 is 0. The molecule has 1 aliphatic carbocycles. The van der Waals surface area contributed by atoms with E-state index >= 15 is 0 Å². The number of benzene rings is 2. The molecule has 1 amide bonds. The Bertz CT molecular complexity index is 1560. The molecule has 3 aromatic rings. The van der Waals surface area contributed by atoms with Gasteiger partial charge in [-0.1, -0.05) is 48.5 Å². The summed E-state index contributed by atoms with van der Waals surface area (Å²) in [5.41, 5.74) is 18.1. The highest BCUT2D eigenvalue weighted by atomic mass is 16.1. The number of nitrogens with zero attached hydrogens (tertiary/aromatic N) is 4. The quantitative estimate of drug-likeness (QED) is 0.404. The van der Waals surface area contributed by atoms with Crippen molar-refractivity contribution >= 4 is 28.3 Å². The number of carbonyl (C=O) groups is 1. The zero-order valence-corrected chi connectivity index (χ0v) is 24.0. The molecule has 216 valence electrons. The van der Waals surface area contributed by atoms with Crippen molar-refractivity contribution in [2.75, 3.05) is 19.6 Å². The third-order valence-electron chi connectivity index (χ3n) is 9.67. The second-order valence-electron chi connectivity index (χ2n) is 12.3. The van der Waals surface area contributed by atoms with Gasteiger partial charge in [-0.05, 0) is 75.6 Å². The molecule has 4 aliphatic rings. The highest BCUT2D eigenvalue weighted by molar-refractivity contribution is 6.05. The van der Waals surface area contributed by atoms with E-state index in [1.807, 2.05) is 24.4 Å².